The summed E-state index contributed by atoms with van der Waals surface area (Å²) in [6.07, 6.45) is 3.76. The van der Waals surface area contributed by atoms with Crippen molar-refractivity contribution in [2.75, 3.05) is 12.9 Å². The van der Waals surface area contributed by atoms with E-state index in [0.717, 1.165) is 31.4 Å². The van der Waals surface area contributed by atoms with Crippen LogP contribution in [-0.4, -0.2) is 24.4 Å². The summed E-state index contributed by atoms with van der Waals surface area (Å²) in [4.78, 5) is 13.1. The smallest absolute Gasteiger partial charge is 0.326 e. The second-order valence-electron chi connectivity index (χ2n) is 5.57. The first-order valence-electron chi connectivity index (χ1n) is 7.13. The molecule has 0 radical (unpaired) electrons. The van der Waals surface area contributed by atoms with E-state index in [9.17, 15) is 4.79 Å². The summed E-state index contributed by atoms with van der Waals surface area (Å²) in [5.41, 5.74) is 6.79. The number of hydrogen-bond donors (Lipinski definition) is 1. The molecule has 1 fully saturated rings. The van der Waals surface area contributed by atoms with Crippen molar-refractivity contribution in [2.45, 2.75) is 43.0 Å². The number of rotatable bonds is 5. The summed E-state index contributed by atoms with van der Waals surface area (Å²) in [6, 6.07) is 8.54. The van der Waals surface area contributed by atoms with Crippen molar-refractivity contribution in [3.8, 4) is 0 Å². The van der Waals surface area contributed by atoms with Gasteiger partial charge in [0.25, 0.3) is 0 Å². The second kappa shape index (κ2) is 6.64. The summed E-state index contributed by atoms with van der Waals surface area (Å²) in [6.45, 7) is 2.09. The summed E-state index contributed by atoms with van der Waals surface area (Å²) in [7, 11) is 1.42. The molecule has 0 spiro atoms. The molecule has 1 aromatic carbocycles. The zero-order valence-corrected chi connectivity index (χ0v) is 13.0. The quantitative estimate of drug-likeness (QED) is 0.669. The van der Waals surface area contributed by atoms with E-state index in [2.05, 4.69) is 31.2 Å². The monoisotopic (exact) mass is 293 g/mol. The highest BCUT2D eigenvalue weighted by molar-refractivity contribution is 7.99. The standard InChI is InChI=1S/C16H23NO2S/c1-12-5-7-14(8-6-12)20-11-9-13-4-3-10-16(13,17)15(18)19-2/h5-8,13H,3-4,9-11,17H2,1-2H3. The molecule has 0 heterocycles. The predicted octanol–water partition coefficient (Wildman–Crippen LogP) is 3.15. The summed E-state index contributed by atoms with van der Waals surface area (Å²) in [5.74, 6) is 0.983. The van der Waals surface area contributed by atoms with E-state index < -0.39 is 5.54 Å². The lowest BCUT2D eigenvalue weighted by Crippen LogP contribution is -2.51. The molecule has 20 heavy (non-hydrogen) atoms. The third-order valence-electron chi connectivity index (χ3n) is 4.19. The van der Waals surface area contributed by atoms with Crippen molar-refractivity contribution in [1.29, 1.82) is 0 Å². The van der Waals surface area contributed by atoms with Crippen LogP contribution in [0.1, 0.15) is 31.2 Å². The molecule has 110 valence electrons. The van der Waals surface area contributed by atoms with Gasteiger partial charge in [0.05, 0.1) is 7.11 Å². The first-order valence-corrected chi connectivity index (χ1v) is 8.11. The number of hydrogen-bond acceptors (Lipinski definition) is 4. The molecule has 2 atom stereocenters. The van der Waals surface area contributed by atoms with Gasteiger partial charge in [0.15, 0.2) is 0 Å². The van der Waals surface area contributed by atoms with E-state index in [1.54, 1.807) is 0 Å². The summed E-state index contributed by atoms with van der Waals surface area (Å²) >= 11 is 1.83. The fraction of sp³-hybridized carbons (Fsp3) is 0.562. The van der Waals surface area contributed by atoms with Crippen molar-refractivity contribution >= 4 is 17.7 Å². The van der Waals surface area contributed by atoms with E-state index in [1.165, 1.54) is 17.6 Å². The number of benzene rings is 1. The van der Waals surface area contributed by atoms with Crippen LogP contribution >= 0.6 is 11.8 Å². The number of ether oxygens (including phenoxy) is 1. The van der Waals surface area contributed by atoms with Gasteiger partial charge in [-0.2, -0.15) is 0 Å². The highest BCUT2D eigenvalue weighted by Gasteiger charge is 2.46. The van der Waals surface area contributed by atoms with Crippen LogP contribution in [0.5, 0.6) is 0 Å². The van der Waals surface area contributed by atoms with Gasteiger partial charge in [-0.1, -0.05) is 24.1 Å². The van der Waals surface area contributed by atoms with Crippen LogP contribution in [0.3, 0.4) is 0 Å². The largest absolute Gasteiger partial charge is 0.468 e. The molecule has 2 N–H and O–H groups in total. The molecule has 2 unspecified atom stereocenters. The van der Waals surface area contributed by atoms with Gasteiger partial charge >= 0.3 is 5.97 Å². The molecule has 1 saturated carbocycles. The molecule has 0 bridgehead atoms. The van der Waals surface area contributed by atoms with E-state index >= 15 is 0 Å². The van der Waals surface area contributed by atoms with Crippen LogP contribution in [0.4, 0.5) is 0 Å². The Morgan fingerprint density at radius 3 is 2.80 bits per heavy atom. The van der Waals surface area contributed by atoms with E-state index in [0.29, 0.717) is 0 Å². The minimum absolute atomic E-state index is 0.243. The van der Waals surface area contributed by atoms with Gasteiger partial charge in [0.1, 0.15) is 5.54 Å². The maximum atomic E-state index is 11.9. The number of carbonyl (C=O) groups excluding carboxylic acids is 1. The Hall–Kier alpha value is -1.00. The lowest BCUT2D eigenvalue weighted by atomic mass is 9.86. The molecule has 4 heteroatoms. The van der Waals surface area contributed by atoms with E-state index in [-0.39, 0.29) is 11.9 Å². The minimum Gasteiger partial charge on any atom is -0.468 e. The van der Waals surface area contributed by atoms with Crippen LogP contribution in [0.25, 0.3) is 0 Å². The fourth-order valence-electron chi connectivity index (χ4n) is 2.92. The zero-order chi connectivity index (χ0) is 14.6. The molecule has 0 saturated heterocycles. The molecule has 0 aliphatic heterocycles. The normalized spacial score (nSPS) is 25.6. The molecule has 1 aliphatic rings. The molecular formula is C16H23NO2S. The average Bonchev–Trinajstić information content (AvgIpc) is 2.83. The SMILES string of the molecule is COC(=O)C1(N)CCCC1CCSc1ccc(C)cc1. The predicted molar refractivity (Wildman–Crippen MR) is 82.8 cm³/mol. The first-order chi connectivity index (χ1) is 9.56. The number of thioether (sulfide) groups is 1. The molecule has 0 aromatic heterocycles. The lowest BCUT2D eigenvalue weighted by Gasteiger charge is -2.28. The number of methoxy groups -OCH3 is 1. The highest BCUT2D eigenvalue weighted by Crippen LogP contribution is 2.38. The third-order valence-corrected chi connectivity index (χ3v) is 5.24. The molecular weight excluding hydrogens is 270 g/mol. The Balaban J connectivity index is 1.87. The van der Waals surface area contributed by atoms with Crippen LogP contribution in [0, 0.1) is 12.8 Å². The van der Waals surface area contributed by atoms with Crippen LogP contribution in [0.2, 0.25) is 0 Å². The van der Waals surface area contributed by atoms with Gasteiger partial charge < -0.3 is 10.5 Å². The fourth-order valence-corrected chi connectivity index (χ4v) is 3.88. The van der Waals surface area contributed by atoms with Gasteiger partial charge in [-0.25, -0.2) is 0 Å². The average molecular weight is 293 g/mol. The maximum Gasteiger partial charge on any atom is 0.326 e. The summed E-state index contributed by atoms with van der Waals surface area (Å²) < 4.78 is 4.87. The Bertz CT molecular complexity index is 460. The minimum atomic E-state index is -0.761. The second-order valence-corrected chi connectivity index (χ2v) is 6.74. The van der Waals surface area contributed by atoms with Gasteiger partial charge in [0, 0.05) is 4.90 Å². The van der Waals surface area contributed by atoms with E-state index in [4.69, 9.17) is 10.5 Å². The van der Waals surface area contributed by atoms with Gasteiger partial charge in [0.2, 0.25) is 0 Å². The van der Waals surface area contributed by atoms with Crippen molar-refractivity contribution in [2.24, 2.45) is 11.7 Å². The summed E-state index contributed by atoms with van der Waals surface area (Å²) in [5, 5.41) is 0. The van der Waals surface area contributed by atoms with Crippen molar-refractivity contribution in [1.82, 2.24) is 0 Å². The molecule has 3 nitrogen and oxygen atoms in total. The number of carbonyl (C=O) groups is 1. The van der Waals surface area contributed by atoms with Crippen LogP contribution in [0.15, 0.2) is 29.2 Å². The number of nitrogens with two attached hydrogens (primary N) is 1. The van der Waals surface area contributed by atoms with Crippen molar-refractivity contribution in [3.63, 3.8) is 0 Å². The lowest BCUT2D eigenvalue weighted by molar-refractivity contribution is -0.148. The molecule has 0 amide bonds. The van der Waals surface area contributed by atoms with Crippen molar-refractivity contribution < 1.29 is 9.53 Å². The molecule has 2 rings (SSSR count). The number of esters is 1. The Kier molecular flexibility index (Phi) is 5.11. The van der Waals surface area contributed by atoms with Gasteiger partial charge in [-0.05, 0) is 50.0 Å². The van der Waals surface area contributed by atoms with Crippen LogP contribution in [-0.2, 0) is 9.53 Å². The Morgan fingerprint density at radius 1 is 1.45 bits per heavy atom. The molecule has 1 aromatic rings. The van der Waals surface area contributed by atoms with Crippen molar-refractivity contribution in [3.05, 3.63) is 29.8 Å². The number of aryl methyl sites for hydroxylation is 1. The Morgan fingerprint density at radius 2 is 2.15 bits per heavy atom. The molecule has 1 aliphatic carbocycles. The van der Waals surface area contributed by atoms with Gasteiger partial charge in [-0.3, -0.25) is 4.79 Å². The third kappa shape index (κ3) is 3.36. The zero-order valence-electron chi connectivity index (χ0n) is 12.2. The van der Waals surface area contributed by atoms with Crippen LogP contribution < -0.4 is 5.73 Å². The highest BCUT2D eigenvalue weighted by atomic mass is 32.2. The van der Waals surface area contributed by atoms with Gasteiger partial charge in [-0.15, -0.1) is 11.8 Å². The topological polar surface area (TPSA) is 52.3 Å². The first kappa shape index (κ1) is 15.4. The van der Waals surface area contributed by atoms with E-state index in [1.807, 2.05) is 11.8 Å². The Labute approximate surface area is 125 Å². The maximum absolute atomic E-state index is 11.9.